The average molecular weight is 406 g/mol. The van der Waals surface area contributed by atoms with Crippen molar-refractivity contribution in [3.63, 3.8) is 0 Å². The van der Waals surface area contributed by atoms with Crippen LogP contribution in [0.4, 0.5) is 11.4 Å². The number of anilines is 1. The fourth-order valence-corrected chi connectivity index (χ4v) is 2.97. The molecule has 1 N–H and O–H groups in total. The van der Waals surface area contributed by atoms with E-state index in [2.05, 4.69) is 32.9 Å². The summed E-state index contributed by atoms with van der Waals surface area (Å²) in [6, 6.07) is 35.5. The second kappa shape index (κ2) is 9.98. The second-order valence-corrected chi connectivity index (χ2v) is 6.75. The van der Waals surface area contributed by atoms with Gasteiger partial charge in [0.15, 0.2) is 0 Å². The summed E-state index contributed by atoms with van der Waals surface area (Å²) in [5, 5.41) is 13.3. The molecule has 4 aromatic rings. The zero-order valence-corrected chi connectivity index (χ0v) is 17.1. The minimum atomic E-state index is 0.471. The van der Waals surface area contributed by atoms with Gasteiger partial charge < -0.3 is 4.74 Å². The lowest BCUT2D eigenvalue weighted by atomic mass is 10.1. The highest BCUT2D eigenvalue weighted by Gasteiger charge is 2.04. The molecule has 5 nitrogen and oxygen atoms in total. The largest absolute Gasteiger partial charge is 0.497 e. The van der Waals surface area contributed by atoms with Gasteiger partial charge >= 0.3 is 0 Å². The molecule has 0 atom stereocenters. The standard InChI is InChI=1S/C26H22N4O/c1-31-25-18-14-22(15-19-25)26(29-27-23-10-6-3-7-11-23)30-28-24-16-12-21(13-17-24)20-8-4-2-5-9-20/h2-19,27H,1H3/b29-26-,30-28?. The van der Waals surface area contributed by atoms with Crippen molar-refractivity contribution in [3.8, 4) is 16.9 Å². The monoisotopic (exact) mass is 406 g/mol. The number of azo groups is 1. The number of ether oxygens (including phenoxy) is 1. The molecular formula is C26H22N4O. The lowest BCUT2D eigenvalue weighted by Gasteiger charge is -2.05. The van der Waals surface area contributed by atoms with Crippen LogP contribution in [-0.2, 0) is 0 Å². The van der Waals surface area contributed by atoms with Crippen molar-refractivity contribution in [1.29, 1.82) is 0 Å². The number of hydrogen-bond acceptors (Lipinski definition) is 4. The Hall–Kier alpha value is -4.25. The first-order valence-electron chi connectivity index (χ1n) is 9.92. The summed E-state index contributed by atoms with van der Waals surface area (Å²) in [5.41, 5.74) is 7.79. The summed E-state index contributed by atoms with van der Waals surface area (Å²) in [6.45, 7) is 0. The van der Waals surface area contributed by atoms with Gasteiger partial charge in [-0.25, -0.2) is 0 Å². The summed E-state index contributed by atoms with van der Waals surface area (Å²) in [6.07, 6.45) is 0. The first kappa shape index (κ1) is 20.0. The number of para-hydroxylation sites is 1. The number of nitrogens with zero attached hydrogens (tertiary/aromatic N) is 3. The molecule has 4 aromatic carbocycles. The first-order chi connectivity index (χ1) is 15.3. The Labute approximate surface area is 181 Å². The van der Waals surface area contributed by atoms with Gasteiger partial charge in [0.1, 0.15) is 5.75 Å². The Bertz CT molecular complexity index is 1150. The fourth-order valence-electron chi connectivity index (χ4n) is 2.97. The highest BCUT2D eigenvalue weighted by Crippen LogP contribution is 2.23. The Morgan fingerprint density at radius 1 is 0.677 bits per heavy atom. The zero-order valence-electron chi connectivity index (χ0n) is 17.1. The van der Waals surface area contributed by atoms with Crippen LogP contribution in [0.5, 0.6) is 5.75 Å². The van der Waals surface area contributed by atoms with Gasteiger partial charge in [0, 0.05) is 5.56 Å². The number of rotatable bonds is 6. The molecule has 0 aromatic heterocycles. The molecule has 0 fully saturated rings. The first-order valence-corrected chi connectivity index (χ1v) is 9.92. The van der Waals surface area contributed by atoms with E-state index < -0.39 is 0 Å². The molecule has 0 amide bonds. The van der Waals surface area contributed by atoms with E-state index in [9.17, 15) is 0 Å². The third-order valence-electron chi connectivity index (χ3n) is 4.65. The van der Waals surface area contributed by atoms with Crippen molar-refractivity contribution in [2.24, 2.45) is 15.3 Å². The van der Waals surface area contributed by atoms with E-state index >= 15 is 0 Å². The van der Waals surface area contributed by atoms with E-state index in [0.717, 1.165) is 28.3 Å². The molecule has 0 heterocycles. The van der Waals surface area contributed by atoms with E-state index in [1.54, 1.807) is 7.11 Å². The number of hydrazone groups is 1. The minimum Gasteiger partial charge on any atom is -0.497 e. The number of nitrogens with one attached hydrogen (secondary N) is 1. The quantitative estimate of drug-likeness (QED) is 0.163. The highest BCUT2D eigenvalue weighted by atomic mass is 16.5. The van der Waals surface area contributed by atoms with E-state index in [-0.39, 0.29) is 0 Å². The summed E-state index contributed by atoms with van der Waals surface area (Å²) in [7, 11) is 1.64. The smallest absolute Gasteiger partial charge is 0.201 e. The number of hydrogen-bond donors (Lipinski definition) is 1. The number of amidine groups is 1. The molecule has 0 saturated carbocycles. The van der Waals surface area contributed by atoms with E-state index in [4.69, 9.17) is 4.74 Å². The number of benzene rings is 4. The molecular weight excluding hydrogens is 384 g/mol. The molecule has 152 valence electrons. The van der Waals surface area contributed by atoms with Gasteiger partial charge in [0.05, 0.1) is 18.5 Å². The molecule has 4 rings (SSSR count). The molecule has 0 aliphatic rings. The van der Waals surface area contributed by atoms with Crippen molar-refractivity contribution in [2.75, 3.05) is 12.5 Å². The maximum atomic E-state index is 5.25. The van der Waals surface area contributed by atoms with Gasteiger partial charge in [0.25, 0.3) is 0 Å². The van der Waals surface area contributed by atoms with Crippen LogP contribution in [0.25, 0.3) is 11.1 Å². The van der Waals surface area contributed by atoms with Crippen LogP contribution in [0.1, 0.15) is 5.56 Å². The summed E-state index contributed by atoms with van der Waals surface area (Å²) < 4.78 is 5.25. The number of methoxy groups -OCH3 is 1. The maximum Gasteiger partial charge on any atom is 0.201 e. The normalized spacial score (nSPS) is 11.5. The van der Waals surface area contributed by atoms with Crippen LogP contribution in [0, 0.1) is 0 Å². The van der Waals surface area contributed by atoms with E-state index in [1.807, 2.05) is 97.1 Å². The molecule has 0 bridgehead atoms. The Morgan fingerprint density at radius 3 is 1.94 bits per heavy atom. The SMILES string of the molecule is COc1ccc(/C(N=Nc2ccc(-c3ccccc3)cc2)=N/Nc2ccccc2)cc1. The third kappa shape index (κ3) is 5.42. The molecule has 5 heteroatoms. The Kier molecular flexibility index (Phi) is 6.45. The van der Waals surface area contributed by atoms with Crippen LogP contribution >= 0.6 is 0 Å². The van der Waals surface area contributed by atoms with Crippen molar-refractivity contribution in [2.45, 2.75) is 0 Å². The predicted octanol–water partition coefficient (Wildman–Crippen LogP) is 6.92. The van der Waals surface area contributed by atoms with Gasteiger partial charge in [-0.05, 0) is 59.7 Å². The third-order valence-corrected chi connectivity index (χ3v) is 4.65. The summed E-state index contributed by atoms with van der Waals surface area (Å²) >= 11 is 0. The van der Waals surface area contributed by atoms with Gasteiger partial charge in [-0.1, -0.05) is 60.7 Å². The van der Waals surface area contributed by atoms with Gasteiger partial charge in [-0.15, -0.1) is 10.2 Å². The summed E-state index contributed by atoms with van der Waals surface area (Å²) in [5.74, 6) is 1.24. The topological polar surface area (TPSA) is 58.3 Å². The van der Waals surface area contributed by atoms with Gasteiger partial charge in [-0.3, -0.25) is 5.43 Å². The molecule has 0 radical (unpaired) electrons. The van der Waals surface area contributed by atoms with Crippen molar-refractivity contribution in [1.82, 2.24) is 0 Å². The van der Waals surface area contributed by atoms with Gasteiger partial charge in [-0.2, -0.15) is 5.10 Å². The fraction of sp³-hybridized carbons (Fsp3) is 0.0385. The Morgan fingerprint density at radius 2 is 1.29 bits per heavy atom. The predicted molar refractivity (Wildman–Crippen MR) is 126 cm³/mol. The minimum absolute atomic E-state index is 0.471. The molecule has 31 heavy (non-hydrogen) atoms. The van der Waals surface area contributed by atoms with E-state index in [0.29, 0.717) is 5.84 Å². The van der Waals surface area contributed by atoms with Gasteiger partial charge in [0.2, 0.25) is 5.84 Å². The van der Waals surface area contributed by atoms with Crippen LogP contribution in [0.15, 0.2) is 125 Å². The lowest BCUT2D eigenvalue weighted by molar-refractivity contribution is 0.415. The zero-order chi connectivity index (χ0) is 21.3. The van der Waals surface area contributed by atoms with Crippen LogP contribution < -0.4 is 10.2 Å². The molecule has 0 spiro atoms. The van der Waals surface area contributed by atoms with Crippen molar-refractivity contribution < 1.29 is 4.74 Å². The maximum absolute atomic E-state index is 5.25. The lowest BCUT2D eigenvalue weighted by Crippen LogP contribution is -2.01. The molecule has 0 saturated heterocycles. The average Bonchev–Trinajstić information content (AvgIpc) is 2.86. The van der Waals surface area contributed by atoms with Crippen molar-refractivity contribution in [3.05, 3.63) is 115 Å². The van der Waals surface area contributed by atoms with Crippen LogP contribution in [-0.4, -0.2) is 12.9 Å². The second-order valence-electron chi connectivity index (χ2n) is 6.75. The van der Waals surface area contributed by atoms with Crippen molar-refractivity contribution >= 4 is 17.2 Å². The Balaban J connectivity index is 1.58. The highest BCUT2D eigenvalue weighted by molar-refractivity contribution is 5.99. The van der Waals surface area contributed by atoms with Crippen LogP contribution in [0.3, 0.4) is 0 Å². The molecule has 0 unspecified atom stereocenters. The van der Waals surface area contributed by atoms with Crippen LogP contribution in [0.2, 0.25) is 0 Å². The molecule has 0 aliphatic carbocycles. The molecule has 0 aliphatic heterocycles. The van der Waals surface area contributed by atoms with E-state index in [1.165, 1.54) is 5.56 Å². The summed E-state index contributed by atoms with van der Waals surface area (Å²) in [4.78, 5) is 0.